The van der Waals surface area contributed by atoms with E-state index in [0.29, 0.717) is 19.6 Å². The summed E-state index contributed by atoms with van der Waals surface area (Å²) in [6.45, 7) is 9.32. The molecule has 1 saturated heterocycles. The number of carbonyl (C=O) groups excluding carboxylic acids is 2. The van der Waals surface area contributed by atoms with E-state index in [4.69, 9.17) is 4.74 Å². The van der Waals surface area contributed by atoms with Crippen LogP contribution >= 0.6 is 0 Å². The van der Waals surface area contributed by atoms with Crippen LogP contribution in [0.25, 0.3) is 0 Å². The van der Waals surface area contributed by atoms with Crippen molar-refractivity contribution in [3.05, 3.63) is 29.8 Å². The molecule has 24 heavy (non-hydrogen) atoms. The number of ether oxygens (including phenoxy) is 1. The first kappa shape index (κ1) is 18.3. The van der Waals surface area contributed by atoms with Crippen LogP contribution in [0, 0.1) is 5.92 Å². The van der Waals surface area contributed by atoms with Crippen molar-refractivity contribution in [3.8, 4) is 0 Å². The van der Waals surface area contributed by atoms with Crippen LogP contribution in [0.5, 0.6) is 0 Å². The maximum Gasteiger partial charge on any atom is 0.317 e. The Labute approximate surface area is 143 Å². The zero-order chi connectivity index (χ0) is 17.7. The molecule has 3 amide bonds. The van der Waals surface area contributed by atoms with Crippen molar-refractivity contribution in [3.63, 3.8) is 0 Å². The minimum atomic E-state index is -0.0748. The van der Waals surface area contributed by atoms with E-state index in [1.54, 1.807) is 4.90 Å². The van der Waals surface area contributed by atoms with Crippen LogP contribution in [0.2, 0.25) is 0 Å². The van der Waals surface area contributed by atoms with Crippen molar-refractivity contribution >= 4 is 17.6 Å². The molecule has 1 aromatic carbocycles. The van der Waals surface area contributed by atoms with E-state index in [0.717, 1.165) is 11.3 Å². The van der Waals surface area contributed by atoms with Gasteiger partial charge in [-0.05, 0) is 31.5 Å². The molecule has 2 atom stereocenters. The first-order valence-electron chi connectivity index (χ1n) is 8.43. The molecule has 0 spiro atoms. The van der Waals surface area contributed by atoms with Crippen molar-refractivity contribution < 1.29 is 14.3 Å². The molecular weight excluding hydrogens is 306 g/mol. The molecule has 2 rings (SSSR count). The van der Waals surface area contributed by atoms with Gasteiger partial charge in [-0.1, -0.05) is 26.0 Å². The van der Waals surface area contributed by atoms with Gasteiger partial charge in [-0.15, -0.1) is 0 Å². The van der Waals surface area contributed by atoms with Crippen LogP contribution in [0.3, 0.4) is 0 Å². The normalized spacial score (nSPS) is 20.8. The lowest BCUT2D eigenvalue weighted by Crippen LogP contribution is -2.51. The Hall–Kier alpha value is -2.08. The van der Waals surface area contributed by atoms with Gasteiger partial charge in [-0.3, -0.25) is 4.79 Å². The number of nitrogens with zero attached hydrogens (tertiary/aromatic N) is 1. The molecular formula is C18H27N3O3. The minimum Gasteiger partial charge on any atom is -0.372 e. The Morgan fingerprint density at radius 2 is 1.75 bits per heavy atom. The lowest BCUT2D eigenvalue weighted by Gasteiger charge is -2.35. The number of rotatable bonds is 4. The van der Waals surface area contributed by atoms with E-state index in [9.17, 15) is 9.59 Å². The van der Waals surface area contributed by atoms with Gasteiger partial charge in [0.15, 0.2) is 0 Å². The molecule has 6 nitrogen and oxygen atoms in total. The second-order valence-electron chi connectivity index (χ2n) is 6.66. The maximum atomic E-state index is 12.3. The number of morpholine rings is 1. The van der Waals surface area contributed by atoms with Crippen LogP contribution in [0.1, 0.15) is 33.3 Å². The summed E-state index contributed by atoms with van der Waals surface area (Å²) >= 11 is 0. The summed E-state index contributed by atoms with van der Waals surface area (Å²) in [7, 11) is 0. The van der Waals surface area contributed by atoms with Crippen molar-refractivity contribution in [2.24, 2.45) is 5.92 Å². The molecule has 1 aliphatic heterocycles. The molecule has 1 fully saturated rings. The van der Waals surface area contributed by atoms with E-state index in [-0.39, 0.29) is 30.1 Å². The zero-order valence-corrected chi connectivity index (χ0v) is 14.8. The average molecular weight is 333 g/mol. The van der Waals surface area contributed by atoms with Gasteiger partial charge in [0.25, 0.3) is 0 Å². The van der Waals surface area contributed by atoms with Crippen LogP contribution in [-0.4, -0.2) is 42.1 Å². The summed E-state index contributed by atoms with van der Waals surface area (Å²) < 4.78 is 5.63. The zero-order valence-electron chi connectivity index (χ0n) is 14.8. The number of anilines is 1. The monoisotopic (exact) mass is 333 g/mol. The molecule has 0 aliphatic carbocycles. The second-order valence-corrected chi connectivity index (χ2v) is 6.66. The van der Waals surface area contributed by atoms with Crippen LogP contribution in [0.15, 0.2) is 24.3 Å². The van der Waals surface area contributed by atoms with Gasteiger partial charge < -0.3 is 20.3 Å². The van der Waals surface area contributed by atoms with Gasteiger partial charge >= 0.3 is 6.03 Å². The Kier molecular flexibility index (Phi) is 6.20. The lowest BCUT2D eigenvalue weighted by atomic mass is 10.1. The third-order valence-electron chi connectivity index (χ3n) is 3.90. The quantitative estimate of drug-likeness (QED) is 0.890. The number of urea groups is 1. The number of nitrogens with one attached hydrogen (secondary N) is 2. The Balaban J connectivity index is 1.83. The van der Waals surface area contributed by atoms with Crippen LogP contribution in [-0.2, 0) is 16.1 Å². The molecule has 6 heteroatoms. The summed E-state index contributed by atoms with van der Waals surface area (Å²) in [5, 5.41) is 5.78. The summed E-state index contributed by atoms with van der Waals surface area (Å²) in [6, 6.07) is 7.43. The summed E-state index contributed by atoms with van der Waals surface area (Å²) in [4.78, 5) is 25.7. The topological polar surface area (TPSA) is 70.7 Å². The first-order chi connectivity index (χ1) is 11.3. The van der Waals surface area contributed by atoms with Gasteiger partial charge in [0.2, 0.25) is 5.91 Å². The summed E-state index contributed by atoms with van der Waals surface area (Å²) in [5.41, 5.74) is 1.75. The van der Waals surface area contributed by atoms with Crippen LogP contribution < -0.4 is 10.6 Å². The molecule has 0 bridgehead atoms. The van der Waals surface area contributed by atoms with Crippen LogP contribution in [0.4, 0.5) is 10.5 Å². The van der Waals surface area contributed by atoms with E-state index < -0.39 is 0 Å². The van der Waals surface area contributed by atoms with Gasteiger partial charge in [0, 0.05) is 31.2 Å². The van der Waals surface area contributed by atoms with E-state index in [2.05, 4.69) is 10.6 Å². The molecule has 2 N–H and O–H groups in total. The number of carbonyl (C=O) groups is 2. The highest BCUT2D eigenvalue weighted by Crippen LogP contribution is 2.13. The van der Waals surface area contributed by atoms with E-state index >= 15 is 0 Å². The summed E-state index contributed by atoms with van der Waals surface area (Å²) in [5.74, 6) is -0.0612. The fraction of sp³-hybridized carbons (Fsp3) is 0.556. The molecule has 132 valence electrons. The molecule has 0 radical (unpaired) electrons. The number of benzene rings is 1. The Bertz CT molecular complexity index is 561. The lowest BCUT2D eigenvalue weighted by molar-refractivity contribution is -0.118. The Morgan fingerprint density at radius 1 is 1.17 bits per heavy atom. The standard InChI is InChI=1S/C18H27N3O3/c1-12(2)17(22)20-16-7-5-15(6-8-16)9-19-18(23)21-10-13(3)24-14(4)11-21/h5-8,12-14H,9-11H2,1-4H3,(H,19,23)(H,20,22)/t13-,14+. The fourth-order valence-electron chi connectivity index (χ4n) is 2.63. The van der Waals surface area contributed by atoms with Gasteiger partial charge in [-0.2, -0.15) is 0 Å². The SMILES string of the molecule is CC(C)C(=O)Nc1ccc(CNC(=O)N2C[C@@H](C)O[C@@H](C)C2)cc1. The third kappa shape index (κ3) is 5.23. The molecule has 0 saturated carbocycles. The number of hydrogen-bond donors (Lipinski definition) is 2. The predicted octanol–water partition coefficient (Wildman–Crippen LogP) is 2.60. The number of hydrogen-bond acceptors (Lipinski definition) is 3. The molecule has 1 heterocycles. The highest BCUT2D eigenvalue weighted by Gasteiger charge is 2.25. The molecule has 0 aromatic heterocycles. The van der Waals surface area contributed by atoms with Gasteiger partial charge in [0.1, 0.15) is 0 Å². The highest BCUT2D eigenvalue weighted by molar-refractivity contribution is 5.92. The molecule has 1 aromatic rings. The largest absolute Gasteiger partial charge is 0.372 e. The predicted molar refractivity (Wildman–Crippen MR) is 93.7 cm³/mol. The van der Waals surface area contributed by atoms with E-state index in [1.165, 1.54) is 0 Å². The second kappa shape index (κ2) is 8.15. The van der Waals surface area contributed by atoms with Crippen molar-refractivity contribution in [1.29, 1.82) is 0 Å². The van der Waals surface area contributed by atoms with Crippen molar-refractivity contribution in [2.75, 3.05) is 18.4 Å². The minimum absolute atomic E-state index is 0.00777. The van der Waals surface area contributed by atoms with Gasteiger partial charge in [0.05, 0.1) is 12.2 Å². The number of amides is 3. The third-order valence-corrected chi connectivity index (χ3v) is 3.90. The first-order valence-corrected chi connectivity index (χ1v) is 8.43. The maximum absolute atomic E-state index is 12.3. The molecule has 0 unspecified atom stereocenters. The highest BCUT2D eigenvalue weighted by atomic mass is 16.5. The van der Waals surface area contributed by atoms with Crippen molar-refractivity contribution in [1.82, 2.24) is 10.2 Å². The summed E-state index contributed by atoms with van der Waals surface area (Å²) in [6.07, 6.45) is 0.117. The smallest absolute Gasteiger partial charge is 0.317 e. The average Bonchev–Trinajstić information content (AvgIpc) is 2.52. The van der Waals surface area contributed by atoms with E-state index in [1.807, 2.05) is 52.0 Å². The molecule has 1 aliphatic rings. The Morgan fingerprint density at radius 3 is 2.29 bits per heavy atom. The fourth-order valence-corrected chi connectivity index (χ4v) is 2.63. The van der Waals surface area contributed by atoms with Gasteiger partial charge in [-0.25, -0.2) is 4.79 Å². The van der Waals surface area contributed by atoms with Crippen molar-refractivity contribution in [2.45, 2.75) is 46.4 Å².